The van der Waals surface area contributed by atoms with Crippen LogP contribution in [0.5, 0.6) is 0 Å². The topological polar surface area (TPSA) is 78.4 Å². The zero-order valence-corrected chi connectivity index (χ0v) is 8.30. The summed E-state index contributed by atoms with van der Waals surface area (Å²) in [5, 5.41) is 13.4. The SMILES string of the molecule is C=C(CCC)C(=O)O.O=C1NCCN1. The van der Waals surface area contributed by atoms with Crippen LogP contribution in [0.2, 0.25) is 0 Å². The average molecular weight is 200 g/mol. The Hall–Kier alpha value is -1.52. The van der Waals surface area contributed by atoms with Gasteiger partial charge in [0.25, 0.3) is 0 Å². The Bertz CT molecular complexity index is 218. The number of urea groups is 1. The van der Waals surface area contributed by atoms with Gasteiger partial charge in [0, 0.05) is 18.7 Å². The molecule has 0 saturated carbocycles. The first-order valence-electron chi connectivity index (χ1n) is 4.50. The molecule has 1 rings (SSSR count). The van der Waals surface area contributed by atoms with Gasteiger partial charge in [-0.2, -0.15) is 0 Å². The van der Waals surface area contributed by atoms with Crippen molar-refractivity contribution in [3.8, 4) is 0 Å². The van der Waals surface area contributed by atoms with E-state index < -0.39 is 5.97 Å². The summed E-state index contributed by atoms with van der Waals surface area (Å²) in [6, 6.07) is -0.0463. The van der Waals surface area contributed by atoms with Crippen molar-refractivity contribution in [1.29, 1.82) is 0 Å². The van der Waals surface area contributed by atoms with Crippen LogP contribution in [-0.4, -0.2) is 30.2 Å². The average Bonchev–Trinajstić information content (AvgIpc) is 2.57. The number of carboxylic acid groups (broad SMARTS) is 1. The summed E-state index contributed by atoms with van der Waals surface area (Å²) in [7, 11) is 0. The van der Waals surface area contributed by atoms with E-state index in [0.29, 0.717) is 12.0 Å². The van der Waals surface area contributed by atoms with E-state index in [0.717, 1.165) is 19.5 Å². The minimum Gasteiger partial charge on any atom is -0.478 e. The zero-order valence-electron chi connectivity index (χ0n) is 8.30. The van der Waals surface area contributed by atoms with Crippen molar-refractivity contribution in [2.24, 2.45) is 0 Å². The first-order chi connectivity index (χ1) is 6.57. The molecule has 0 aromatic heterocycles. The number of carbonyl (C=O) groups is 2. The van der Waals surface area contributed by atoms with Crippen LogP contribution in [0, 0.1) is 0 Å². The first kappa shape index (κ1) is 12.5. The molecule has 80 valence electrons. The van der Waals surface area contributed by atoms with E-state index in [1.807, 2.05) is 6.92 Å². The minimum absolute atomic E-state index is 0.0463. The molecule has 0 atom stereocenters. The summed E-state index contributed by atoms with van der Waals surface area (Å²) in [6.45, 7) is 6.82. The molecule has 1 fully saturated rings. The van der Waals surface area contributed by atoms with Gasteiger partial charge in [0.2, 0.25) is 0 Å². The second kappa shape index (κ2) is 6.94. The Morgan fingerprint density at radius 1 is 1.50 bits per heavy atom. The summed E-state index contributed by atoms with van der Waals surface area (Å²) in [6.07, 6.45) is 1.44. The highest BCUT2D eigenvalue weighted by Crippen LogP contribution is 1.99. The van der Waals surface area contributed by atoms with Gasteiger partial charge in [-0.15, -0.1) is 0 Å². The molecule has 1 aliphatic rings. The molecule has 1 aliphatic heterocycles. The fourth-order valence-electron chi connectivity index (χ4n) is 0.823. The van der Waals surface area contributed by atoms with E-state index in [1.54, 1.807) is 0 Å². The van der Waals surface area contributed by atoms with Crippen molar-refractivity contribution in [2.75, 3.05) is 13.1 Å². The molecule has 14 heavy (non-hydrogen) atoms. The lowest BCUT2D eigenvalue weighted by Crippen LogP contribution is -2.20. The fourth-order valence-corrected chi connectivity index (χ4v) is 0.823. The molecule has 0 aromatic rings. The highest BCUT2D eigenvalue weighted by atomic mass is 16.4. The minimum atomic E-state index is -0.883. The van der Waals surface area contributed by atoms with Crippen LogP contribution in [0.25, 0.3) is 0 Å². The van der Waals surface area contributed by atoms with Crippen LogP contribution in [0.1, 0.15) is 19.8 Å². The quantitative estimate of drug-likeness (QED) is 0.587. The molecule has 0 spiro atoms. The Labute approximate surface area is 83.2 Å². The van der Waals surface area contributed by atoms with Crippen LogP contribution in [0.15, 0.2) is 12.2 Å². The van der Waals surface area contributed by atoms with E-state index >= 15 is 0 Å². The van der Waals surface area contributed by atoms with Gasteiger partial charge in [0.05, 0.1) is 0 Å². The fraction of sp³-hybridized carbons (Fsp3) is 0.556. The van der Waals surface area contributed by atoms with Gasteiger partial charge in [-0.05, 0) is 6.42 Å². The number of carbonyl (C=O) groups excluding carboxylic acids is 1. The van der Waals surface area contributed by atoms with Crippen LogP contribution >= 0.6 is 0 Å². The lowest BCUT2D eigenvalue weighted by atomic mass is 10.2. The zero-order chi connectivity index (χ0) is 11.0. The Balaban J connectivity index is 0.000000249. The largest absolute Gasteiger partial charge is 0.478 e. The van der Waals surface area contributed by atoms with Gasteiger partial charge in [0.15, 0.2) is 0 Å². The molecule has 1 heterocycles. The molecule has 0 unspecified atom stereocenters. The molecule has 5 heteroatoms. The first-order valence-corrected chi connectivity index (χ1v) is 4.50. The summed E-state index contributed by atoms with van der Waals surface area (Å²) in [5.41, 5.74) is 0.299. The number of rotatable bonds is 3. The molecule has 0 radical (unpaired) electrons. The summed E-state index contributed by atoms with van der Waals surface area (Å²) in [5.74, 6) is -0.883. The normalized spacial score (nSPS) is 13.4. The number of hydrogen-bond acceptors (Lipinski definition) is 2. The highest BCUT2D eigenvalue weighted by Gasteiger charge is 2.03. The predicted octanol–water partition coefficient (Wildman–Crippen LogP) is 0.726. The number of nitrogens with one attached hydrogen (secondary N) is 2. The van der Waals surface area contributed by atoms with Crippen molar-refractivity contribution < 1.29 is 14.7 Å². The van der Waals surface area contributed by atoms with Crippen LogP contribution in [0.3, 0.4) is 0 Å². The van der Waals surface area contributed by atoms with E-state index in [-0.39, 0.29) is 6.03 Å². The van der Waals surface area contributed by atoms with E-state index in [9.17, 15) is 9.59 Å². The highest BCUT2D eigenvalue weighted by molar-refractivity contribution is 5.85. The third-order valence-corrected chi connectivity index (χ3v) is 1.55. The van der Waals surface area contributed by atoms with Crippen molar-refractivity contribution in [2.45, 2.75) is 19.8 Å². The molecule has 0 aromatic carbocycles. The monoisotopic (exact) mass is 200 g/mol. The Morgan fingerprint density at radius 2 is 2.00 bits per heavy atom. The van der Waals surface area contributed by atoms with Gasteiger partial charge < -0.3 is 15.7 Å². The van der Waals surface area contributed by atoms with Gasteiger partial charge >= 0.3 is 12.0 Å². The maximum absolute atomic E-state index is 10.0. The van der Waals surface area contributed by atoms with Gasteiger partial charge in [-0.3, -0.25) is 0 Å². The maximum Gasteiger partial charge on any atom is 0.330 e. The molecule has 2 amide bonds. The third-order valence-electron chi connectivity index (χ3n) is 1.55. The van der Waals surface area contributed by atoms with Crippen LogP contribution in [0.4, 0.5) is 4.79 Å². The molecule has 0 aliphatic carbocycles. The molecular weight excluding hydrogens is 184 g/mol. The van der Waals surface area contributed by atoms with Gasteiger partial charge in [-0.1, -0.05) is 19.9 Å². The number of aliphatic carboxylic acids is 1. The summed E-state index contributed by atoms with van der Waals surface area (Å²) in [4.78, 5) is 20.0. The number of carboxylic acids is 1. The number of amides is 2. The molecule has 0 bridgehead atoms. The molecule has 5 nitrogen and oxygen atoms in total. The molecular formula is C9H16N2O3. The van der Waals surface area contributed by atoms with Crippen LogP contribution in [-0.2, 0) is 4.79 Å². The van der Waals surface area contributed by atoms with Gasteiger partial charge in [-0.25, -0.2) is 9.59 Å². The molecule has 1 saturated heterocycles. The standard InChI is InChI=1S/C6H10O2.C3H6N2O/c1-3-4-5(2)6(7)8;6-3-4-1-2-5-3/h2-4H2,1H3,(H,7,8);1-2H2,(H2,4,5,6). The van der Waals surface area contributed by atoms with Crippen molar-refractivity contribution in [3.05, 3.63) is 12.2 Å². The number of hydrogen-bond donors (Lipinski definition) is 3. The lowest BCUT2D eigenvalue weighted by molar-refractivity contribution is -0.132. The second-order valence-corrected chi connectivity index (χ2v) is 2.84. The van der Waals surface area contributed by atoms with Crippen molar-refractivity contribution >= 4 is 12.0 Å². The maximum atomic E-state index is 10.0. The Morgan fingerprint density at radius 3 is 2.14 bits per heavy atom. The van der Waals surface area contributed by atoms with Crippen molar-refractivity contribution in [1.82, 2.24) is 10.6 Å². The van der Waals surface area contributed by atoms with Gasteiger partial charge in [0.1, 0.15) is 0 Å². The van der Waals surface area contributed by atoms with Crippen molar-refractivity contribution in [3.63, 3.8) is 0 Å². The summed E-state index contributed by atoms with van der Waals surface area (Å²) < 4.78 is 0. The Kier molecular flexibility index (Phi) is 6.19. The lowest BCUT2D eigenvalue weighted by Gasteiger charge is -1.92. The molecule has 3 N–H and O–H groups in total. The van der Waals surface area contributed by atoms with E-state index in [2.05, 4.69) is 17.2 Å². The summed E-state index contributed by atoms with van der Waals surface area (Å²) >= 11 is 0. The predicted molar refractivity (Wildman–Crippen MR) is 53.1 cm³/mol. The van der Waals surface area contributed by atoms with E-state index in [4.69, 9.17) is 5.11 Å². The van der Waals surface area contributed by atoms with Crippen LogP contribution < -0.4 is 10.6 Å². The third kappa shape index (κ3) is 6.05. The second-order valence-electron chi connectivity index (χ2n) is 2.84. The van der Waals surface area contributed by atoms with E-state index in [1.165, 1.54) is 0 Å². The smallest absolute Gasteiger partial charge is 0.330 e.